The summed E-state index contributed by atoms with van der Waals surface area (Å²) >= 11 is 0. The summed E-state index contributed by atoms with van der Waals surface area (Å²) in [5.74, 6) is -0.154. The third-order valence-electron chi connectivity index (χ3n) is 2.89. The number of anilines is 1. The van der Waals surface area contributed by atoms with Crippen LogP contribution in [-0.2, 0) is 4.79 Å². The average Bonchev–Trinajstić information content (AvgIpc) is 2.67. The van der Waals surface area contributed by atoms with E-state index in [1.165, 1.54) is 0 Å². The lowest BCUT2D eigenvalue weighted by atomic mass is 9.98. The highest BCUT2D eigenvalue weighted by Gasteiger charge is 2.26. The van der Waals surface area contributed by atoms with Crippen molar-refractivity contribution in [2.75, 3.05) is 5.32 Å². The zero-order valence-electron chi connectivity index (χ0n) is 9.79. The zero-order valence-corrected chi connectivity index (χ0v) is 9.79. The molecule has 3 heteroatoms. The molecule has 1 aliphatic rings. The first kappa shape index (κ1) is 11.4. The Balaban J connectivity index is 2.47. The second-order valence-electron chi connectivity index (χ2n) is 4.07. The molecule has 0 radical (unpaired) electrons. The summed E-state index contributed by atoms with van der Waals surface area (Å²) in [6.45, 7) is 2.07. The van der Waals surface area contributed by atoms with Crippen LogP contribution in [0.3, 0.4) is 0 Å². The standard InChI is InChI=1S/C14H14N2O/c1-2-3-6-10(9-15)13-11-7-4-5-8-12(11)16-14(13)17/h4-5,7-8H,2-3,6H2,1H3,(H,16,17)/b13-10-. The molecule has 2 rings (SSSR count). The monoisotopic (exact) mass is 226 g/mol. The van der Waals surface area contributed by atoms with Crippen molar-refractivity contribution in [2.24, 2.45) is 0 Å². The molecule has 1 aromatic carbocycles. The SMILES string of the molecule is CCCC/C(C#N)=C1/C(=O)Nc2ccccc21. The van der Waals surface area contributed by atoms with Crippen LogP contribution in [0.1, 0.15) is 31.7 Å². The van der Waals surface area contributed by atoms with E-state index in [0.29, 0.717) is 17.6 Å². The van der Waals surface area contributed by atoms with Gasteiger partial charge in [-0.15, -0.1) is 0 Å². The van der Waals surface area contributed by atoms with Crippen molar-refractivity contribution in [1.82, 2.24) is 0 Å². The van der Waals surface area contributed by atoms with E-state index in [1.54, 1.807) is 0 Å². The number of fused-ring (bicyclic) bond motifs is 1. The minimum Gasteiger partial charge on any atom is -0.321 e. The van der Waals surface area contributed by atoms with Crippen LogP contribution in [0.5, 0.6) is 0 Å². The highest BCUT2D eigenvalue weighted by Crippen LogP contribution is 2.34. The summed E-state index contributed by atoms with van der Waals surface area (Å²) in [7, 11) is 0. The smallest absolute Gasteiger partial charge is 0.257 e. The third-order valence-corrected chi connectivity index (χ3v) is 2.89. The topological polar surface area (TPSA) is 52.9 Å². The van der Waals surface area contributed by atoms with Gasteiger partial charge < -0.3 is 5.32 Å². The molecule has 1 heterocycles. The maximum atomic E-state index is 11.9. The fourth-order valence-electron chi connectivity index (χ4n) is 2.01. The van der Waals surface area contributed by atoms with E-state index in [4.69, 9.17) is 5.26 Å². The lowest BCUT2D eigenvalue weighted by Gasteiger charge is -2.02. The Bertz CT molecular complexity index is 523. The molecule has 0 bridgehead atoms. The number of carbonyl (C=O) groups excluding carboxylic acids is 1. The van der Waals surface area contributed by atoms with E-state index in [2.05, 4.69) is 18.3 Å². The summed E-state index contributed by atoms with van der Waals surface area (Å²) in [5, 5.41) is 12.0. The van der Waals surface area contributed by atoms with Crippen molar-refractivity contribution in [3.63, 3.8) is 0 Å². The molecule has 0 saturated carbocycles. The van der Waals surface area contributed by atoms with Gasteiger partial charge in [-0.25, -0.2) is 0 Å². The van der Waals surface area contributed by atoms with Gasteiger partial charge in [-0.2, -0.15) is 5.26 Å². The van der Waals surface area contributed by atoms with Crippen molar-refractivity contribution in [2.45, 2.75) is 26.2 Å². The van der Waals surface area contributed by atoms with Crippen LogP contribution in [0.4, 0.5) is 5.69 Å². The summed E-state index contributed by atoms with van der Waals surface area (Å²) in [6.07, 6.45) is 2.62. The van der Waals surface area contributed by atoms with Crippen LogP contribution in [0.15, 0.2) is 29.8 Å². The Morgan fingerprint density at radius 1 is 1.41 bits per heavy atom. The normalized spacial score (nSPS) is 16.1. The van der Waals surface area contributed by atoms with Crippen LogP contribution >= 0.6 is 0 Å². The minimum atomic E-state index is -0.154. The van der Waals surface area contributed by atoms with Crippen molar-refractivity contribution >= 4 is 17.2 Å². The molecule has 17 heavy (non-hydrogen) atoms. The highest BCUT2D eigenvalue weighted by molar-refractivity contribution is 6.32. The number of nitriles is 1. The highest BCUT2D eigenvalue weighted by atomic mass is 16.2. The van der Waals surface area contributed by atoms with E-state index in [0.717, 1.165) is 24.1 Å². The third kappa shape index (κ3) is 2.07. The number of carbonyl (C=O) groups is 1. The molecule has 1 aromatic rings. The molecular formula is C14H14N2O. The molecule has 0 aromatic heterocycles. The number of para-hydroxylation sites is 1. The summed E-state index contributed by atoms with van der Waals surface area (Å²) in [5.41, 5.74) is 2.80. The molecule has 0 fully saturated rings. The number of benzene rings is 1. The fraction of sp³-hybridized carbons (Fsp3) is 0.286. The molecule has 0 spiro atoms. The van der Waals surface area contributed by atoms with Crippen molar-refractivity contribution < 1.29 is 4.79 Å². The van der Waals surface area contributed by atoms with Gasteiger partial charge >= 0.3 is 0 Å². The van der Waals surface area contributed by atoms with Crippen LogP contribution in [-0.4, -0.2) is 5.91 Å². The van der Waals surface area contributed by atoms with Gasteiger partial charge in [0.1, 0.15) is 0 Å². The predicted molar refractivity (Wildman–Crippen MR) is 67.1 cm³/mol. The molecule has 0 saturated heterocycles. The number of hydrogen-bond donors (Lipinski definition) is 1. The first-order valence-electron chi connectivity index (χ1n) is 5.82. The number of hydrogen-bond acceptors (Lipinski definition) is 2. The molecule has 0 aliphatic carbocycles. The number of unbranched alkanes of at least 4 members (excludes halogenated alkanes) is 1. The molecular weight excluding hydrogens is 212 g/mol. The Morgan fingerprint density at radius 3 is 2.88 bits per heavy atom. The van der Waals surface area contributed by atoms with Crippen LogP contribution in [0, 0.1) is 11.3 Å². The molecule has 3 nitrogen and oxygen atoms in total. The Morgan fingerprint density at radius 2 is 2.18 bits per heavy atom. The Labute approximate surface area is 101 Å². The Hall–Kier alpha value is -2.08. The van der Waals surface area contributed by atoms with Crippen molar-refractivity contribution in [1.29, 1.82) is 5.26 Å². The molecule has 0 atom stereocenters. The minimum absolute atomic E-state index is 0.154. The molecule has 1 aliphatic heterocycles. The number of allylic oxidation sites excluding steroid dienone is 1. The van der Waals surface area contributed by atoms with Gasteiger partial charge in [0.25, 0.3) is 5.91 Å². The summed E-state index contributed by atoms with van der Waals surface area (Å²) in [4.78, 5) is 11.9. The second-order valence-corrected chi connectivity index (χ2v) is 4.07. The molecule has 86 valence electrons. The summed E-state index contributed by atoms with van der Waals surface area (Å²) in [6, 6.07) is 9.66. The lowest BCUT2D eigenvalue weighted by molar-refractivity contribution is -0.110. The maximum absolute atomic E-state index is 11.9. The van der Waals surface area contributed by atoms with E-state index in [1.807, 2.05) is 24.3 Å². The van der Waals surface area contributed by atoms with Gasteiger partial charge in [-0.3, -0.25) is 4.79 Å². The zero-order chi connectivity index (χ0) is 12.3. The number of nitrogens with zero attached hydrogens (tertiary/aromatic N) is 1. The second kappa shape index (κ2) is 4.84. The first-order valence-corrected chi connectivity index (χ1v) is 5.82. The van der Waals surface area contributed by atoms with Crippen molar-refractivity contribution in [3.8, 4) is 6.07 Å². The van der Waals surface area contributed by atoms with Crippen LogP contribution in [0.25, 0.3) is 5.57 Å². The van der Waals surface area contributed by atoms with E-state index < -0.39 is 0 Å². The first-order chi connectivity index (χ1) is 8.27. The number of rotatable bonds is 3. The van der Waals surface area contributed by atoms with Gasteiger partial charge in [-0.1, -0.05) is 31.5 Å². The largest absolute Gasteiger partial charge is 0.321 e. The van der Waals surface area contributed by atoms with Crippen LogP contribution in [0.2, 0.25) is 0 Å². The fourth-order valence-corrected chi connectivity index (χ4v) is 2.01. The van der Waals surface area contributed by atoms with Gasteiger partial charge in [-0.05, 0) is 18.9 Å². The van der Waals surface area contributed by atoms with Gasteiger partial charge in [0.05, 0.1) is 11.6 Å². The Kier molecular flexibility index (Phi) is 3.24. The van der Waals surface area contributed by atoms with Gasteiger partial charge in [0.15, 0.2) is 0 Å². The molecule has 1 N–H and O–H groups in total. The van der Waals surface area contributed by atoms with Gasteiger partial charge in [0.2, 0.25) is 0 Å². The lowest BCUT2D eigenvalue weighted by Crippen LogP contribution is -2.05. The molecule has 0 unspecified atom stereocenters. The maximum Gasteiger partial charge on any atom is 0.257 e. The predicted octanol–water partition coefficient (Wildman–Crippen LogP) is 3.11. The molecule has 1 amide bonds. The summed E-state index contributed by atoms with van der Waals surface area (Å²) < 4.78 is 0. The number of amides is 1. The number of nitrogens with one attached hydrogen (secondary N) is 1. The van der Waals surface area contributed by atoms with Crippen LogP contribution < -0.4 is 5.32 Å². The van der Waals surface area contributed by atoms with Crippen molar-refractivity contribution in [3.05, 3.63) is 35.4 Å². The van der Waals surface area contributed by atoms with E-state index in [9.17, 15) is 4.79 Å². The van der Waals surface area contributed by atoms with Gasteiger partial charge in [0, 0.05) is 16.8 Å². The average molecular weight is 226 g/mol. The van der Waals surface area contributed by atoms with E-state index in [-0.39, 0.29) is 5.91 Å². The van der Waals surface area contributed by atoms with E-state index >= 15 is 0 Å². The quantitative estimate of drug-likeness (QED) is 0.636.